The molecule has 0 aliphatic carbocycles. The monoisotopic (exact) mass is 840 g/mol. The zero-order valence-corrected chi connectivity index (χ0v) is 31.4. The summed E-state index contributed by atoms with van der Waals surface area (Å²) in [5, 5.41) is -3.91. The average molecular weight is 840 g/mol. The molecular formula is C60H39N3. The van der Waals surface area contributed by atoms with Gasteiger partial charge in [-0.05, 0) is 100 Å². The first-order chi connectivity index (χ1) is 47.1. The van der Waals surface area contributed by atoms with Crippen molar-refractivity contribution in [1.29, 1.82) is 0 Å². The number of fused-ring (bicyclic) bond motifs is 9. The molecule has 0 amide bonds. The molecule has 0 atom stereocenters. The number of para-hydroxylation sites is 5. The maximum atomic E-state index is 10.4. The summed E-state index contributed by atoms with van der Waals surface area (Å²) in [6.45, 7) is 0. The maximum absolute atomic E-state index is 10.4. The molecule has 294 valence electrons. The van der Waals surface area contributed by atoms with Crippen LogP contribution in [0.4, 0.5) is 0 Å². The second kappa shape index (κ2) is 14.1. The SMILES string of the molecule is [2H]c1cc2c(c([2H])c1-n1c3c([2H])c([2H])c([2H])c([2H])c3c3c([2H])c([2H])c(-c4c([2H])c([2H])c([2H])c([2H])c4-n4c5c([2H])c([2H])c([2H])c([2H])c5c5c([2H])c([2H])c([2H])c([2H])c54)c([2H])c31)c1c([2H])c([2H])c([2H])c([2H])c1n2-c1c([2H])c([2H])c([2H])c(-c2c([2H])c([2H])c([2H])c(-c3c([2H])c([2H])c([2H])c([2H])c3[2H])c2[2H])c1[2H]. The number of rotatable bonds is 6. The van der Waals surface area contributed by atoms with Gasteiger partial charge in [0, 0.05) is 49.3 Å². The Morgan fingerprint density at radius 3 is 1.41 bits per heavy atom. The van der Waals surface area contributed by atoms with E-state index in [0.717, 1.165) is 10.6 Å². The highest BCUT2D eigenvalue weighted by Crippen LogP contribution is 2.41. The summed E-state index contributed by atoms with van der Waals surface area (Å²) in [5.41, 5.74) is -12.7. The molecule has 0 radical (unpaired) electrons. The molecule has 0 unspecified atom stereocenters. The van der Waals surface area contributed by atoms with Gasteiger partial charge < -0.3 is 13.7 Å². The highest BCUT2D eigenvalue weighted by Gasteiger charge is 2.20. The van der Waals surface area contributed by atoms with Gasteiger partial charge in [-0.25, -0.2) is 0 Å². The summed E-state index contributed by atoms with van der Waals surface area (Å²) < 4.78 is 351. The van der Waals surface area contributed by atoms with Gasteiger partial charge in [0.1, 0.15) is 0 Å². The van der Waals surface area contributed by atoms with Crippen molar-refractivity contribution in [2.75, 3.05) is 0 Å². The quantitative estimate of drug-likeness (QED) is 0.158. The first-order valence-electron chi connectivity index (χ1n) is 37.6. The number of hydrogen-bond donors (Lipinski definition) is 0. The molecule has 63 heavy (non-hydrogen) atoms. The third-order valence-corrected chi connectivity index (χ3v) is 10.2. The van der Waals surface area contributed by atoms with Crippen LogP contribution in [0.3, 0.4) is 0 Å². The Labute approximate surface area is 418 Å². The zero-order chi connectivity index (χ0) is 74.5. The largest absolute Gasteiger partial charge is 0.309 e. The Hall–Kier alpha value is -8.40. The van der Waals surface area contributed by atoms with Gasteiger partial charge in [0.2, 0.25) is 0 Å². The molecular weight excluding hydrogens is 763 g/mol. The van der Waals surface area contributed by atoms with Crippen LogP contribution in [0.1, 0.15) is 52.1 Å². The lowest BCUT2D eigenvalue weighted by Gasteiger charge is -2.15. The predicted octanol–water partition coefficient (Wildman–Crippen LogP) is 16.0. The van der Waals surface area contributed by atoms with Crippen molar-refractivity contribution in [3.63, 3.8) is 0 Å². The average Bonchev–Trinajstić information content (AvgIpc) is 1.56. The van der Waals surface area contributed by atoms with Crippen LogP contribution in [-0.2, 0) is 0 Å². The van der Waals surface area contributed by atoms with Crippen LogP contribution in [0.25, 0.3) is 116 Å². The number of hydrogen-bond acceptors (Lipinski definition) is 0. The summed E-state index contributed by atoms with van der Waals surface area (Å²) >= 11 is 0. The number of nitrogens with zero attached hydrogens (tertiary/aromatic N) is 3. The fourth-order valence-electron chi connectivity index (χ4n) is 7.62. The molecule has 0 fully saturated rings. The Morgan fingerprint density at radius 1 is 0.254 bits per heavy atom. The summed E-state index contributed by atoms with van der Waals surface area (Å²) in [6.07, 6.45) is 0. The first kappa shape index (κ1) is 14.3. The Balaban J connectivity index is 1.21. The molecule has 13 aromatic rings. The second-order valence-corrected chi connectivity index (χ2v) is 13.6. The fraction of sp³-hybridized carbons (Fsp3) is 0. The Bertz CT molecular complexity index is 6070. The van der Waals surface area contributed by atoms with Crippen molar-refractivity contribution in [2.24, 2.45) is 0 Å². The molecule has 3 nitrogen and oxygen atoms in total. The van der Waals surface area contributed by atoms with Crippen molar-refractivity contribution in [3.8, 4) is 50.4 Å². The van der Waals surface area contributed by atoms with Crippen molar-refractivity contribution >= 4 is 65.4 Å². The highest BCUT2D eigenvalue weighted by atomic mass is 15.0. The molecule has 3 heterocycles. The molecule has 0 N–H and O–H groups in total. The Morgan fingerprint density at radius 2 is 0.730 bits per heavy atom. The molecule has 3 aromatic heterocycles. The minimum atomic E-state index is -1.16. The van der Waals surface area contributed by atoms with E-state index in [9.17, 15) is 24.7 Å². The summed E-state index contributed by atoms with van der Waals surface area (Å²) in [6, 6.07) is -38.0. The normalized spacial score (nSPS) is 20.3. The Kier molecular flexibility index (Phi) is 3.21. The van der Waals surface area contributed by atoms with E-state index < -0.39 is 345 Å². The zero-order valence-electron chi connectivity index (χ0n) is 69.4. The van der Waals surface area contributed by atoms with E-state index in [1.54, 1.807) is 0 Å². The van der Waals surface area contributed by atoms with Gasteiger partial charge in [-0.15, -0.1) is 0 Å². The van der Waals surface area contributed by atoms with Crippen LogP contribution in [0.5, 0.6) is 0 Å². The summed E-state index contributed by atoms with van der Waals surface area (Å²) in [5.74, 6) is 0. The van der Waals surface area contributed by atoms with Gasteiger partial charge in [-0.2, -0.15) is 0 Å². The van der Waals surface area contributed by atoms with Crippen LogP contribution in [0, 0.1) is 0 Å². The smallest absolute Gasteiger partial charge is 0.0652 e. The van der Waals surface area contributed by atoms with Crippen LogP contribution in [-0.4, -0.2) is 13.7 Å². The molecule has 0 bridgehead atoms. The lowest BCUT2D eigenvalue weighted by Crippen LogP contribution is -1.98. The van der Waals surface area contributed by atoms with Gasteiger partial charge >= 0.3 is 0 Å². The van der Waals surface area contributed by atoms with Gasteiger partial charge in [0.25, 0.3) is 0 Å². The summed E-state index contributed by atoms with van der Waals surface area (Å²) in [7, 11) is 0. The van der Waals surface area contributed by atoms with Gasteiger partial charge in [-0.1, -0.05) is 163 Å². The summed E-state index contributed by atoms with van der Waals surface area (Å²) in [4.78, 5) is 0. The third-order valence-electron chi connectivity index (χ3n) is 10.2. The van der Waals surface area contributed by atoms with E-state index in [1.807, 2.05) is 0 Å². The lowest BCUT2D eigenvalue weighted by atomic mass is 9.99. The van der Waals surface area contributed by atoms with Crippen molar-refractivity contribution in [3.05, 3.63) is 236 Å². The molecule has 10 aromatic carbocycles. The van der Waals surface area contributed by atoms with E-state index >= 15 is 0 Å². The van der Waals surface area contributed by atoms with E-state index in [0.29, 0.717) is 9.13 Å². The van der Waals surface area contributed by atoms with Gasteiger partial charge in [-0.3, -0.25) is 0 Å². The predicted molar refractivity (Wildman–Crippen MR) is 266 cm³/mol. The minimum absolute atomic E-state index is 0.580. The molecule has 0 aliphatic rings. The first-order valence-corrected chi connectivity index (χ1v) is 18.6. The van der Waals surface area contributed by atoms with Crippen molar-refractivity contribution in [2.45, 2.75) is 0 Å². The molecule has 0 aliphatic heterocycles. The van der Waals surface area contributed by atoms with E-state index in [-0.39, 0.29) is 0 Å². The minimum Gasteiger partial charge on any atom is -0.309 e. The molecule has 3 heteroatoms. The van der Waals surface area contributed by atoms with Crippen LogP contribution in [0.15, 0.2) is 236 Å². The van der Waals surface area contributed by atoms with Crippen molar-refractivity contribution < 1.29 is 52.1 Å². The topological polar surface area (TPSA) is 14.8 Å². The lowest BCUT2D eigenvalue weighted by molar-refractivity contribution is 1.16. The number of benzene rings is 10. The molecule has 0 spiro atoms. The standard InChI is InChI=1S/C60H39N3/c1-2-16-40(17-3-1)41-18-14-19-42(36-41)43-20-15-21-45(37-43)61-56-29-11-8-26-51(56)53-39-46(33-35-59(53)61)62-55-28-10-5-25-50(55)52-34-32-44(38-60(52)62)47-22-4-9-27-54(47)63-57-30-12-6-23-48(57)49-24-7-13-31-58(49)63/h1-39H/i1D,2D,3D,4D,5D,6D,7D,8D,9D,10D,11D,12D,13D,14D,15D,16D,17D,18D,19D,20D,21D,22D,23D,24D,25D,26D,27D,28D,29D,30D,31D,32D,33D,34D,36D,37D,38D,39D. The van der Waals surface area contributed by atoms with E-state index in [2.05, 4.69) is 0 Å². The molecule has 13 rings (SSSR count). The molecule has 0 saturated carbocycles. The van der Waals surface area contributed by atoms with Gasteiger partial charge in [0.15, 0.2) is 0 Å². The second-order valence-electron chi connectivity index (χ2n) is 13.6. The third kappa shape index (κ3) is 5.53. The van der Waals surface area contributed by atoms with E-state index in [1.165, 1.54) is 0 Å². The fourth-order valence-corrected chi connectivity index (χ4v) is 7.62. The van der Waals surface area contributed by atoms with Crippen LogP contribution < -0.4 is 0 Å². The van der Waals surface area contributed by atoms with Gasteiger partial charge in [0.05, 0.1) is 90.9 Å². The van der Waals surface area contributed by atoms with Crippen molar-refractivity contribution in [1.82, 2.24) is 13.7 Å². The molecule has 0 saturated heterocycles. The number of aromatic nitrogens is 3. The highest BCUT2D eigenvalue weighted by molar-refractivity contribution is 6.13. The van der Waals surface area contributed by atoms with E-state index in [4.69, 9.17) is 27.4 Å². The maximum Gasteiger partial charge on any atom is 0.0652 e. The van der Waals surface area contributed by atoms with Crippen LogP contribution in [0.2, 0.25) is 0 Å². The van der Waals surface area contributed by atoms with Crippen LogP contribution >= 0.6 is 0 Å².